The summed E-state index contributed by atoms with van der Waals surface area (Å²) < 4.78 is 12.4. The topological polar surface area (TPSA) is 91.7 Å². The van der Waals surface area contributed by atoms with Gasteiger partial charge < -0.3 is 15.2 Å². The van der Waals surface area contributed by atoms with Crippen LogP contribution >= 0.6 is 11.3 Å². The van der Waals surface area contributed by atoms with Crippen LogP contribution in [0.1, 0.15) is 14.5 Å². The number of fused-ring (bicyclic) bond motifs is 1. The van der Waals surface area contributed by atoms with Gasteiger partial charge in [-0.05, 0) is 49.4 Å². The van der Waals surface area contributed by atoms with Crippen molar-refractivity contribution in [1.82, 2.24) is 14.6 Å². The van der Waals surface area contributed by atoms with Crippen LogP contribution < -0.4 is 15.2 Å². The molecule has 0 aliphatic rings. The molecule has 0 spiro atoms. The summed E-state index contributed by atoms with van der Waals surface area (Å²) in [5.74, 6) is 1.29. The predicted octanol–water partition coefficient (Wildman–Crippen LogP) is 3.55. The number of aryl methyl sites for hydroxylation is 1. The van der Waals surface area contributed by atoms with Crippen molar-refractivity contribution in [2.75, 3.05) is 14.2 Å². The quantitative estimate of drug-likeness (QED) is 0.559. The second-order valence-corrected chi connectivity index (χ2v) is 7.41. The van der Waals surface area contributed by atoms with E-state index in [1.807, 2.05) is 49.4 Å². The summed E-state index contributed by atoms with van der Waals surface area (Å²) in [5, 5.41) is 4.66. The first-order valence-electron chi connectivity index (χ1n) is 8.50. The number of rotatable bonds is 5. The molecule has 0 aliphatic carbocycles. The van der Waals surface area contributed by atoms with Gasteiger partial charge in [0, 0.05) is 16.0 Å². The lowest BCUT2D eigenvalue weighted by Crippen LogP contribution is -2.10. The highest BCUT2D eigenvalue weighted by Crippen LogP contribution is 2.33. The Kier molecular flexibility index (Phi) is 4.48. The molecule has 2 N–H and O–H groups in total. The van der Waals surface area contributed by atoms with E-state index in [0.717, 1.165) is 21.9 Å². The van der Waals surface area contributed by atoms with Gasteiger partial charge in [0.1, 0.15) is 10.6 Å². The number of nitrogens with two attached hydrogens (primary N) is 1. The average molecular weight is 394 g/mol. The fourth-order valence-electron chi connectivity index (χ4n) is 3.06. The van der Waals surface area contributed by atoms with Gasteiger partial charge in [0.15, 0.2) is 17.2 Å². The zero-order valence-corrected chi connectivity index (χ0v) is 16.4. The van der Waals surface area contributed by atoms with Crippen molar-refractivity contribution >= 4 is 22.9 Å². The van der Waals surface area contributed by atoms with Gasteiger partial charge in [-0.3, -0.25) is 4.79 Å². The van der Waals surface area contributed by atoms with Crippen LogP contribution in [0, 0.1) is 6.92 Å². The van der Waals surface area contributed by atoms with Crippen LogP contribution in [-0.4, -0.2) is 34.7 Å². The van der Waals surface area contributed by atoms with E-state index in [2.05, 4.69) is 10.1 Å². The molecule has 0 fully saturated rings. The number of methoxy groups -OCH3 is 2. The lowest BCUT2D eigenvalue weighted by atomic mass is 10.1. The molecule has 3 aromatic heterocycles. The number of pyridine rings is 1. The minimum absolute atomic E-state index is 0.428. The molecule has 0 bridgehead atoms. The van der Waals surface area contributed by atoms with E-state index >= 15 is 0 Å². The van der Waals surface area contributed by atoms with Crippen LogP contribution in [0.5, 0.6) is 11.5 Å². The largest absolute Gasteiger partial charge is 0.497 e. The summed E-state index contributed by atoms with van der Waals surface area (Å²) in [6.07, 6.45) is 0. The molecule has 28 heavy (non-hydrogen) atoms. The number of thiophene rings is 1. The molecular formula is C20H18N4O3S. The SMILES string of the molecule is COc1ccc(-c2ccc(OC)c3nc(-c4cc(C)sc4C(N)=O)nn23)cc1. The molecule has 1 aromatic carbocycles. The van der Waals surface area contributed by atoms with E-state index in [0.29, 0.717) is 27.7 Å². The summed E-state index contributed by atoms with van der Waals surface area (Å²) in [7, 11) is 3.21. The van der Waals surface area contributed by atoms with Crippen LogP contribution in [0.2, 0.25) is 0 Å². The minimum Gasteiger partial charge on any atom is -0.497 e. The molecule has 7 nitrogen and oxygen atoms in total. The van der Waals surface area contributed by atoms with Crippen LogP contribution in [0.15, 0.2) is 42.5 Å². The lowest BCUT2D eigenvalue weighted by Gasteiger charge is -2.08. The number of benzene rings is 1. The Labute approximate surface area is 165 Å². The molecule has 0 atom stereocenters. The maximum atomic E-state index is 11.8. The van der Waals surface area contributed by atoms with Gasteiger partial charge in [-0.25, -0.2) is 9.50 Å². The predicted molar refractivity (Wildman–Crippen MR) is 108 cm³/mol. The number of amides is 1. The Hall–Kier alpha value is -3.39. The van der Waals surface area contributed by atoms with E-state index in [9.17, 15) is 4.79 Å². The lowest BCUT2D eigenvalue weighted by molar-refractivity contribution is 0.100. The van der Waals surface area contributed by atoms with Crippen molar-refractivity contribution in [3.63, 3.8) is 0 Å². The zero-order chi connectivity index (χ0) is 19.8. The van der Waals surface area contributed by atoms with E-state index in [1.165, 1.54) is 11.3 Å². The molecule has 0 saturated heterocycles. The van der Waals surface area contributed by atoms with Crippen molar-refractivity contribution < 1.29 is 14.3 Å². The highest BCUT2D eigenvalue weighted by atomic mass is 32.1. The maximum absolute atomic E-state index is 11.8. The molecule has 0 aliphatic heterocycles. The molecular weight excluding hydrogens is 376 g/mol. The highest BCUT2D eigenvalue weighted by molar-refractivity contribution is 7.14. The van der Waals surface area contributed by atoms with E-state index in [1.54, 1.807) is 18.7 Å². The Morgan fingerprint density at radius 1 is 1.11 bits per heavy atom. The maximum Gasteiger partial charge on any atom is 0.259 e. The minimum atomic E-state index is -0.491. The van der Waals surface area contributed by atoms with Crippen LogP contribution in [0.4, 0.5) is 0 Å². The second kappa shape index (κ2) is 6.97. The van der Waals surface area contributed by atoms with Crippen molar-refractivity contribution in [3.8, 4) is 34.1 Å². The number of carbonyl (C=O) groups is 1. The van der Waals surface area contributed by atoms with Gasteiger partial charge in [0.25, 0.3) is 5.91 Å². The third-order valence-corrected chi connectivity index (χ3v) is 5.44. The standard InChI is InChI=1S/C20H18N4O3S/c1-11-10-14(17(28-11)18(21)25)19-22-20-16(27-3)9-8-15(24(20)23-19)12-4-6-13(26-2)7-5-12/h4-10H,1-3H3,(H2,21,25). The van der Waals surface area contributed by atoms with Crippen LogP contribution in [0.25, 0.3) is 28.3 Å². The monoisotopic (exact) mass is 394 g/mol. The van der Waals surface area contributed by atoms with E-state index < -0.39 is 5.91 Å². The summed E-state index contributed by atoms with van der Waals surface area (Å²) in [6.45, 7) is 1.92. The van der Waals surface area contributed by atoms with Gasteiger partial charge in [-0.15, -0.1) is 16.4 Å². The molecule has 1 amide bonds. The molecule has 3 heterocycles. The number of ether oxygens (including phenoxy) is 2. The Bertz CT molecular complexity index is 1180. The molecule has 0 radical (unpaired) electrons. The van der Waals surface area contributed by atoms with Gasteiger partial charge in [0.05, 0.1) is 19.9 Å². The first kappa shape index (κ1) is 18.0. The molecule has 0 unspecified atom stereocenters. The van der Waals surface area contributed by atoms with Gasteiger partial charge in [-0.1, -0.05) is 0 Å². The van der Waals surface area contributed by atoms with Gasteiger partial charge in [-0.2, -0.15) is 0 Å². The number of carbonyl (C=O) groups excluding carboxylic acids is 1. The number of nitrogens with zero attached hydrogens (tertiary/aromatic N) is 3. The zero-order valence-electron chi connectivity index (χ0n) is 15.6. The number of hydrogen-bond acceptors (Lipinski definition) is 6. The molecule has 4 aromatic rings. The molecule has 8 heteroatoms. The van der Waals surface area contributed by atoms with Crippen LogP contribution in [-0.2, 0) is 0 Å². The third kappa shape index (κ3) is 2.97. The molecule has 0 saturated carbocycles. The summed E-state index contributed by atoms with van der Waals surface area (Å²) >= 11 is 1.33. The van der Waals surface area contributed by atoms with Crippen molar-refractivity contribution in [2.24, 2.45) is 5.73 Å². The number of hydrogen-bond donors (Lipinski definition) is 1. The Balaban J connectivity index is 1.93. The van der Waals surface area contributed by atoms with Crippen LogP contribution in [0.3, 0.4) is 0 Å². The average Bonchev–Trinajstić information content (AvgIpc) is 3.31. The third-order valence-electron chi connectivity index (χ3n) is 4.37. The molecule has 4 rings (SSSR count). The smallest absolute Gasteiger partial charge is 0.259 e. The fraction of sp³-hybridized carbons (Fsp3) is 0.150. The van der Waals surface area contributed by atoms with Gasteiger partial charge in [0.2, 0.25) is 0 Å². The summed E-state index contributed by atoms with van der Waals surface area (Å²) in [4.78, 5) is 17.9. The first-order chi connectivity index (χ1) is 13.5. The summed E-state index contributed by atoms with van der Waals surface area (Å²) in [6, 6.07) is 13.3. The Morgan fingerprint density at radius 2 is 1.86 bits per heavy atom. The van der Waals surface area contributed by atoms with Gasteiger partial charge >= 0.3 is 0 Å². The first-order valence-corrected chi connectivity index (χ1v) is 9.32. The summed E-state index contributed by atoms with van der Waals surface area (Å²) in [5.41, 5.74) is 8.51. The fourth-order valence-corrected chi connectivity index (χ4v) is 3.92. The number of primary amides is 1. The molecule has 142 valence electrons. The second-order valence-electron chi connectivity index (χ2n) is 6.15. The Morgan fingerprint density at radius 3 is 2.50 bits per heavy atom. The van der Waals surface area contributed by atoms with Crippen molar-refractivity contribution in [2.45, 2.75) is 6.92 Å². The normalized spacial score (nSPS) is 11.0. The van der Waals surface area contributed by atoms with Crippen molar-refractivity contribution in [1.29, 1.82) is 0 Å². The van der Waals surface area contributed by atoms with E-state index in [-0.39, 0.29) is 0 Å². The highest BCUT2D eigenvalue weighted by Gasteiger charge is 2.20. The van der Waals surface area contributed by atoms with Crippen molar-refractivity contribution in [3.05, 3.63) is 52.2 Å². The van der Waals surface area contributed by atoms with E-state index in [4.69, 9.17) is 15.2 Å². The number of aromatic nitrogens is 3.